The molecule has 6 rings (SSSR count). The lowest BCUT2D eigenvalue weighted by Gasteiger charge is -2.24. The van der Waals surface area contributed by atoms with Gasteiger partial charge in [0.05, 0.1) is 40.7 Å². The van der Waals surface area contributed by atoms with E-state index in [0.717, 1.165) is 69.6 Å². The molecule has 3 aromatic heterocycles. The molecule has 1 N–H and O–H groups in total. The van der Waals surface area contributed by atoms with Crippen LogP contribution in [0.5, 0.6) is 0 Å². The monoisotopic (exact) mass is 514 g/mol. The van der Waals surface area contributed by atoms with E-state index < -0.39 is 0 Å². The minimum Gasteiger partial charge on any atom is -0.332 e. The molecule has 1 aliphatic heterocycles. The number of nitrogens with one attached hydrogen (secondary N) is 1. The number of carbonyl (C=O) groups is 1. The van der Waals surface area contributed by atoms with E-state index in [9.17, 15) is 4.79 Å². The van der Waals surface area contributed by atoms with Crippen molar-refractivity contribution >= 4 is 23.5 Å². The molecular formula is C29H34N6OS. The van der Waals surface area contributed by atoms with E-state index in [0.29, 0.717) is 19.0 Å². The summed E-state index contributed by atoms with van der Waals surface area (Å²) in [6, 6.07) is 8.16. The number of anilines is 1. The summed E-state index contributed by atoms with van der Waals surface area (Å²) in [6.45, 7) is 5.37. The fourth-order valence-electron chi connectivity index (χ4n) is 5.97. The Balaban J connectivity index is 1.29. The lowest BCUT2D eigenvalue weighted by Crippen LogP contribution is -2.42. The Morgan fingerprint density at radius 3 is 2.65 bits per heavy atom. The molecule has 0 unspecified atom stereocenters. The third-order valence-corrected chi connectivity index (χ3v) is 8.84. The molecule has 0 aromatic carbocycles. The number of aromatic nitrogens is 4. The second-order valence-electron chi connectivity index (χ2n) is 10.4. The first-order valence-corrected chi connectivity index (χ1v) is 14.6. The van der Waals surface area contributed by atoms with Gasteiger partial charge in [-0.1, -0.05) is 26.7 Å². The first-order valence-electron chi connectivity index (χ1n) is 13.6. The number of aryl methyl sites for hydroxylation is 1. The number of pyridine rings is 2. The molecular weight excluding hydrogens is 480 g/mol. The van der Waals surface area contributed by atoms with E-state index in [2.05, 4.69) is 52.3 Å². The number of amides is 2. The van der Waals surface area contributed by atoms with Gasteiger partial charge >= 0.3 is 6.03 Å². The molecule has 0 bridgehead atoms. The molecule has 0 atom stereocenters. The number of urea groups is 1. The third kappa shape index (κ3) is 4.60. The highest BCUT2D eigenvalue weighted by atomic mass is 32.2. The first kappa shape index (κ1) is 24.3. The molecule has 2 fully saturated rings. The van der Waals surface area contributed by atoms with Crippen LogP contribution < -0.4 is 10.2 Å². The van der Waals surface area contributed by atoms with Crippen molar-refractivity contribution < 1.29 is 4.79 Å². The Kier molecular flexibility index (Phi) is 6.61. The summed E-state index contributed by atoms with van der Waals surface area (Å²) < 4.78 is 0. The zero-order valence-electron chi connectivity index (χ0n) is 21.7. The zero-order valence-corrected chi connectivity index (χ0v) is 22.5. The van der Waals surface area contributed by atoms with Gasteiger partial charge in [0, 0.05) is 34.5 Å². The molecule has 1 spiro atoms. The van der Waals surface area contributed by atoms with Gasteiger partial charge in [-0.25, -0.2) is 19.7 Å². The maximum absolute atomic E-state index is 13.4. The van der Waals surface area contributed by atoms with Crippen molar-refractivity contribution in [2.24, 2.45) is 0 Å². The molecule has 192 valence electrons. The van der Waals surface area contributed by atoms with Crippen molar-refractivity contribution in [1.29, 1.82) is 0 Å². The average Bonchev–Trinajstić information content (AvgIpc) is 3.60. The van der Waals surface area contributed by atoms with Gasteiger partial charge in [0.25, 0.3) is 0 Å². The molecule has 0 saturated heterocycles. The van der Waals surface area contributed by atoms with Crippen LogP contribution in [-0.2, 0) is 18.4 Å². The second kappa shape index (κ2) is 10.0. The summed E-state index contributed by atoms with van der Waals surface area (Å²) in [4.78, 5) is 35.6. The van der Waals surface area contributed by atoms with E-state index in [1.807, 2.05) is 17.2 Å². The minimum absolute atomic E-state index is 0.0677. The van der Waals surface area contributed by atoms with E-state index in [1.165, 1.54) is 25.7 Å². The van der Waals surface area contributed by atoms with Crippen molar-refractivity contribution in [2.45, 2.75) is 81.6 Å². The van der Waals surface area contributed by atoms with Crippen LogP contribution in [0.2, 0.25) is 0 Å². The van der Waals surface area contributed by atoms with E-state index >= 15 is 0 Å². The smallest absolute Gasteiger partial charge is 0.322 e. The Hall–Kier alpha value is -3.00. The van der Waals surface area contributed by atoms with Crippen LogP contribution in [0.1, 0.15) is 81.1 Å². The fraction of sp³-hybridized carbons (Fsp3) is 0.483. The molecule has 2 saturated carbocycles. The Morgan fingerprint density at radius 1 is 1.11 bits per heavy atom. The van der Waals surface area contributed by atoms with Crippen LogP contribution in [0.25, 0.3) is 11.3 Å². The van der Waals surface area contributed by atoms with Gasteiger partial charge in [-0.15, -0.1) is 11.8 Å². The molecule has 37 heavy (non-hydrogen) atoms. The predicted molar refractivity (Wildman–Crippen MR) is 147 cm³/mol. The molecule has 2 amide bonds. The Morgan fingerprint density at radius 2 is 1.95 bits per heavy atom. The lowest BCUT2D eigenvalue weighted by atomic mass is 9.84. The molecule has 0 radical (unpaired) electrons. The largest absolute Gasteiger partial charge is 0.332 e. The number of hydrogen-bond acceptors (Lipinski definition) is 6. The summed E-state index contributed by atoms with van der Waals surface area (Å²) in [7, 11) is 0. The van der Waals surface area contributed by atoms with Crippen LogP contribution in [0, 0.1) is 0 Å². The van der Waals surface area contributed by atoms with Crippen LogP contribution >= 0.6 is 11.8 Å². The lowest BCUT2D eigenvalue weighted by molar-refractivity contribution is 0.245. The number of rotatable bonds is 7. The maximum Gasteiger partial charge on any atom is 0.322 e. The van der Waals surface area contributed by atoms with Crippen molar-refractivity contribution in [3.8, 4) is 11.3 Å². The fourth-order valence-corrected chi connectivity index (χ4v) is 6.59. The summed E-state index contributed by atoms with van der Waals surface area (Å²) in [5, 5.41) is 3.11. The normalized spacial score (nSPS) is 17.8. The van der Waals surface area contributed by atoms with Crippen LogP contribution in [0.4, 0.5) is 10.5 Å². The average molecular weight is 515 g/mol. The van der Waals surface area contributed by atoms with Crippen LogP contribution in [-0.4, -0.2) is 38.3 Å². The van der Waals surface area contributed by atoms with Gasteiger partial charge in [0.1, 0.15) is 6.33 Å². The topological polar surface area (TPSA) is 83.9 Å². The first-order chi connectivity index (χ1) is 18.1. The van der Waals surface area contributed by atoms with Gasteiger partial charge in [-0.05, 0) is 62.1 Å². The SMILES string of the molecule is CCSc1ccc(CNC(=O)N2CC3(CCCC3)c3nc(-c4c(CC)ncnc4C4CC4)ccc32)nc1. The van der Waals surface area contributed by atoms with Crippen molar-refractivity contribution in [2.75, 3.05) is 17.2 Å². The molecule has 3 aromatic rings. The second-order valence-corrected chi connectivity index (χ2v) is 11.8. The summed E-state index contributed by atoms with van der Waals surface area (Å²) >= 11 is 1.77. The van der Waals surface area contributed by atoms with E-state index in [1.54, 1.807) is 18.1 Å². The quantitative estimate of drug-likeness (QED) is 0.388. The summed E-state index contributed by atoms with van der Waals surface area (Å²) in [5.41, 5.74) is 7.08. The minimum atomic E-state index is -0.0793. The zero-order chi connectivity index (χ0) is 25.4. The molecule has 7 nitrogen and oxygen atoms in total. The van der Waals surface area contributed by atoms with Gasteiger partial charge < -0.3 is 5.32 Å². The molecule has 2 aliphatic carbocycles. The molecule has 4 heterocycles. The predicted octanol–water partition coefficient (Wildman–Crippen LogP) is 6.03. The third-order valence-electron chi connectivity index (χ3n) is 7.97. The molecule has 3 aliphatic rings. The Bertz CT molecular complexity index is 1300. The van der Waals surface area contributed by atoms with E-state index in [4.69, 9.17) is 4.98 Å². The van der Waals surface area contributed by atoms with Crippen molar-refractivity contribution in [3.05, 3.63) is 59.6 Å². The number of hydrogen-bond donors (Lipinski definition) is 1. The van der Waals surface area contributed by atoms with Gasteiger partial charge in [-0.3, -0.25) is 9.88 Å². The van der Waals surface area contributed by atoms with E-state index in [-0.39, 0.29) is 11.4 Å². The van der Waals surface area contributed by atoms with Gasteiger partial charge in [0.15, 0.2) is 0 Å². The van der Waals surface area contributed by atoms with Gasteiger partial charge in [0.2, 0.25) is 0 Å². The van der Waals surface area contributed by atoms with Crippen molar-refractivity contribution in [3.63, 3.8) is 0 Å². The standard InChI is InChI=1S/C29H34N6OS/c1-3-22-25(26(19-7-8-19)33-18-32-22)23-11-12-24-27(34-23)29(13-5-6-14-29)17-35(24)28(36)31-15-20-9-10-21(16-30-20)37-4-2/h9-12,16,18-19H,3-8,13-15,17H2,1-2H3,(H,31,36). The number of nitrogens with zero attached hydrogens (tertiary/aromatic N) is 5. The number of carbonyl (C=O) groups excluding carboxylic acids is 1. The highest BCUT2D eigenvalue weighted by Crippen LogP contribution is 2.51. The maximum atomic E-state index is 13.4. The van der Waals surface area contributed by atoms with Crippen molar-refractivity contribution in [1.82, 2.24) is 25.3 Å². The summed E-state index contributed by atoms with van der Waals surface area (Å²) in [5.74, 6) is 1.53. The van der Waals surface area contributed by atoms with Crippen LogP contribution in [0.3, 0.4) is 0 Å². The van der Waals surface area contributed by atoms with Crippen LogP contribution in [0.15, 0.2) is 41.7 Å². The highest BCUT2D eigenvalue weighted by Gasteiger charge is 2.48. The molecule has 8 heteroatoms. The Labute approximate surface area is 222 Å². The summed E-state index contributed by atoms with van der Waals surface area (Å²) in [6.07, 6.45) is 11.3. The number of thioether (sulfide) groups is 1. The van der Waals surface area contributed by atoms with Gasteiger partial charge in [-0.2, -0.15) is 0 Å². The highest BCUT2D eigenvalue weighted by molar-refractivity contribution is 7.99. The number of fused-ring (bicyclic) bond motifs is 2.